The van der Waals surface area contributed by atoms with Crippen molar-refractivity contribution in [1.29, 1.82) is 0 Å². The van der Waals surface area contributed by atoms with Crippen molar-refractivity contribution in [3.63, 3.8) is 0 Å². The highest BCUT2D eigenvalue weighted by atomic mass is 16.4. The first-order valence-corrected chi connectivity index (χ1v) is 14.5. The molecule has 0 radical (unpaired) electrons. The van der Waals surface area contributed by atoms with Gasteiger partial charge in [0.1, 0.15) is 6.29 Å². The quantitative estimate of drug-likeness (QED) is 0.235. The Hall–Kier alpha value is -4.88. The van der Waals surface area contributed by atoms with Gasteiger partial charge in [-0.3, -0.25) is 9.69 Å². The molecule has 1 aliphatic carbocycles. The van der Waals surface area contributed by atoms with E-state index in [1.807, 2.05) is 65.7 Å². The molecule has 0 bridgehead atoms. The molecule has 208 valence electrons. The number of fused-ring (bicyclic) bond motifs is 1. The van der Waals surface area contributed by atoms with Gasteiger partial charge in [0, 0.05) is 34.7 Å². The minimum Gasteiger partial charge on any atom is -0.420 e. The van der Waals surface area contributed by atoms with Gasteiger partial charge < -0.3 is 4.42 Å². The van der Waals surface area contributed by atoms with Crippen LogP contribution in [-0.2, 0) is 11.3 Å². The Morgan fingerprint density at radius 3 is 2.29 bits per heavy atom. The molecule has 1 fully saturated rings. The third kappa shape index (κ3) is 5.27. The van der Waals surface area contributed by atoms with Gasteiger partial charge in [-0.2, -0.15) is 5.10 Å². The second kappa shape index (κ2) is 11.5. The lowest BCUT2D eigenvalue weighted by Gasteiger charge is -2.31. The summed E-state index contributed by atoms with van der Waals surface area (Å²) >= 11 is 0. The fourth-order valence-electron chi connectivity index (χ4n) is 5.83. The number of aldehydes is 1. The minimum absolute atomic E-state index is 0.294. The zero-order valence-corrected chi connectivity index (χ0v) is 23.3. The van der Waals surface area contributed by atoms with Crippen LogP contribution in [0.4, 0.5) is 5.69 Å². The Labute approximate surface area is 245 Å². The van der Waals surface area contributed by atoms with Gasteiger partial charge in [-0.1, -0.05) is 66.7 Å². The molecule has 0 saturated carbocycles. The zero-order chi connectivity index (χ0) is 28.3. The van der Waals surface area contributed by atoms with Crippen molar-refractivity contribution in [2.75, 3.05) is 18.1 Å². The lowest BCUT2D eigenvalue weighted by molar-refractivity contribution is -0.105. The molecule has 0 unspecified atom stereocenters. The van der Waals surface area contributed by atoms with Crippen molar-refractivity contribution >= 4 is 23.4 Å². The highest BCUT2D eigenvalue weighted by molar-refractivity contribution is 6.17. The van der Waals surface area contributed by atoms with Gasteiger partial charge >= 0.3 is 0 Å². The van der Waals surface area contributed by atoms with E-state index in [1.165, 1.54) is 5.56 Å². The Morgan fingerprint density at radius 2 is 1.57 bits per heavy atom. The number of anilines is 1. The van der Waals surface area contributed by atoms with Crippen LogP contribution in [0.5, 0.6) is 0 Å². The smallest absolute Gasteiger partial charge is 0.247 e. The number of benzene rings is 3. The summed E-state index contributed by atoms with van der Waals surface area (Å²) in [5.74, 6) is 1.63. The van der Waals surface area contributed by atoms with E-state index in [1.54, 1.807) is 0 Å². The third-order valence-corrected chi connectivity index (χ3v) is 8.15. The van der Waals surface area contributed by atoms with E-state index in [-0.39, 0.29) is 0 Å². The maximum atomic E-state index is 11.8. The lowest BCUT2D eigenvalue weighted by Crippen LogP contribution is -2.32. The molecule has 3 aliphatic rings. The van der Waals surface area contributed by atoms with E-state index in [0.29, 0.717) is 18.2 Å². The van der Waals surface area contributed by atoms with E-state index >= 15 is 0 Å². The van der Waals surface area contributed by atoms with Crippen LogP contribution in [0.2, 0.25) is 0 Å². The van der Waals surface area contributed by atoms with E-state index < -0.39 is 0 Å². The van der Waals surface area contributed by atoms with Crippen molar-refractivity contribution in [2.45, 2.75) is 31.7 Å². The van der Waals surface area contributed by atoms with Gasteiger partial charge in [-0.15, -0.1) is 10.2 Å². The molecule has 0 amide bonds. The van der Waals surface area contributed by atoms with Crippen molar-refractivity contribution in [3.8, 4) is 11.5 Å². The van der Waals surface area contributed by atoms with Crippen molar-refractivity contribution in [1.82, 2.24) is 15.1 Å². The van der Waals surface area contributed by atoms with Crippen LogP contribution >= 0.6 is 0 Å². The molecule has 3 aromatic carbocycles. The van der Waals surface area contributed by atoms with E-state index in [4.69, 9.17) is 9.52 Å². The molecular weight excluding hydrogens is 522 g/mol. The highest BCUT2D eigenvalue weighted by Gasteiger charge is 2.26. The molecule has 1 aromatic heterocycles. The van der Waals surface area contributed by atoms with E-state index in [0.717, 1.165) is 84.0 Å². The van der Waals surface area contributed by atoms with Gasteiger partial charge in [0.25, 0.3) is 0 Å². The number of likely N-dealkylation sites (tertiary alicyclic amines) is 1. The SMILES string of the molecule is O=CC1=C2C=C(c3ccccc3)N(c3ccc(CN4CCC(c5nnc(-c6ccccc6)o5)CC4)cc3)N=C2C=CC1. The third-order valence-electron chi connectivity index (χ3n) is 8.15. The second-order valence-electron chi connectivity index (χ2n) is 10.9. The first kappa shape index (κ1) is 26.0. The number of hydrogen-bond acceptors (Lipinski definition) is 7. The van der Waals surface area contributed by atoms with Crippen LogP contribution in [0.25, 0.3) is 17.2 Å². The minimum atomic E-state index is 0.294. The number of hydrogen-bond donors (Lipinski definition) is 0. The largest absolute Gasteiger partial charge is 0.420 e. The number of aromatic nitrogens is 2. The average molecular weight is 554 g/mol. The molecule has 2 aliphatic heterocycles. The average Bonchev–Trinajstić information content (AvgIpc) is 3.56. The summed E-state index contributed by atoms with van der Waals surface area (Å²) in [7, 11) is 0. The Bertz CT molecular complexity index is 1690. The van der Waals surface area contributed by atoms with Crippen LogP contribution in [0, 0.1) is 0 Å². The number of rotatable bonds is 7. The summed E-state index contributed by atoms with van der Waals surface area (Å²) in [6, 6.07) is 28.8. The lowest BCUT2D eigenvalue weighted by atomic mass is 9.93. The zero-order valence-electron chi connectivity index (χ0n) is 23.3. The van der Waals surface area contributed by atoms with Crippen molar-refractivity contribution in [3.05, 3.63) is 131 Å². The summed E-state index contributed by atoms with van der Waals surface area (Å²) in [6.45, 7) is 2.85. The molecule has 7 rings (SSSR count). The Kier molecular flexibility index (Phi) is 7.16. The molecular formula is C35H31N5O2. The molecule has 42 heavy (non-hydrogen) atoms. The fourth-order valence-corrected chi connectivity index (χ4v) is 5.83. The number of allylic oxidation sites excluding steroid dienone is 5. The molecule has 3 heterocycles. The maximum Gasteiger partial charge on any atom is 0.247 e. The van der Waals surface area contributed by atoms with Gasteiger partial charge in [0.2, 0.25) is 11.8 Å². The van der Waals surface area contributed by atoms with Gasteiger partial charge in [0.15, 0.2) is 0 Å². The van der Waals surface area contributed by atoms with Gasteiger partial charge in [-0.05, 0) is 74.3 Å². The van der Waals surface area contributed by atoms with Crippen LogP contribution in [0.3, 0.4) is 0 Å². The molecule has 7 nitrogen and oxygen atoms in total. The second-order valence-corrected chi connectivity index (χ2v) is 10.9. The van der Waals surface area contributed by atoms with Crippen molar-refractivity contribution in [2.24, 2.45) is 5.10 Å². The molecule has 0 spiro atoms. The predicted octanol–water partition coefficient (Wildman–Crippen LogP) is 6.79. The summed E-state index contributed by atoms with van der Waals surface area (Å²) < 4.78 is 6.03. The first-order valence-electron chi connectivity index (χ1n) is 14.5. The Morgan fingerprint density at radius 1 is 0.857 bits per heavy atom. The van der Waals surface area contributed by atoms with Gasteiger partial charge in [0.05, 0.1) is 17.1 Å². The summed E-state index contributed by atoms with van der Waals surface area (Å²) in [5, 5.41) is 15.6. The normalized spacial score (nSPS) is 17.6. The number of nitrogens with zero attached hydrogens (tertiary/aromatic N) is 5. The molecule has 0 atom stereocenters. The molecule has 0 N–H and O–H groups in total. The molecule has 1 saturated heterocycles. The van der Waals surface area contributed by atoms with Gasteiger partial charge in [-0.25, -0.2) is 5.01 Å². The number of hydrazone groups is 1. The van der Waals surface area contributed by atoms with Crippen LogP contribution in [0.1, 0.15) is 42.2 Å². The predicted molar refractivity (Wildman–Crippen MR) is 165 cm³/mol. The van der Waals surface area contributed by atoms with Crippen LogP contribution < -0.4 is 5.01 Å². The topological polar surface area (TPSA) is 74.8 Å². The van der Waals surface area contributed by atoms with Crippen LogP contribution in [-0.4, -0.2) is 40.2 Å². The van der Waals surface area contributed by atoms with E-state index in [2.05, 4.69) is 57.6 Å². The Balaban J connectivity index is 1.04. The summed E-state index contributed by atoms with van der Waals surface area (Å²) in [6.07, 6.45) is 9.67. The first-order chi connectivity index (χ1) is 20.7. The summed E-state index contributed by atoms with van der Waals surface area (Å²) in [4.78, 5) is 14.2. The maximum absolute atomic E-state index is 11.8. The highest BCUT2D eigenvalue weighted by Crippen LogP contribution is 2.35. The monoisotopic (exact) mass is 553 g/mol. The molecule has 7 heteroatoms. The summed E-state index contributed by atoms with van der Waals surface area (Å²) in [5.41, 5.74) is 7.68. The number of carbonyl (C=O) groups is 1. The van der Waals surface area contributed by atoms with E-state index in [9.17, 15) is 4.79 Å². The van der Waals surface area contributed by atoms with Crippen molar-refractivity contribution < 1.29 is 9.21 Å². The number of piperidine rings is 1. The molecule has 4 aromatic rings. The fraction of sp³-hybridized carbons (Fsp3) is 0.200. The van der Waals surface area contributed by atoms with Crippen LogP contribution in [0.15, 0.2) is 124 Å². The standard InChI is InChI=1S/C35H31N5O2/c41-24-29-12-7-13-32-31(29)22-33(26-8-3-1-4-9-26)40(38-32)30-16-14-25(15-17-30)23-39-20-18-28(19-21-39)35-37-36-34(42-35)27-10-5-2-6-11-27/h1-11,13-17,22,24,28H,12,18-21,23H2. The number of carbonyl (C=O) groups excluding carboxylic acids is 1.